The normalized spacial score (nSPS) is 17.6. The summed E-state index contributed by atoms with van der Waals surface area (Å²) in [6.45, 7) is 9.21. The second-order valence-electron chi connectivity index (χ2n) is 5.93. The van der Waals surface area contributed by atoms with E-state index < -0.39 is 17.8 Å². The van der Waals surface area contributed by atoms with Crippen LogP contribution in [0.15, 0.2) is 45.7 Å². The molecule has 0 saturated carbocycles. The zero-order valence-corrected chi connectivity index (χ0v) is 16.5. The minimum absolute atomic E-state index is 0.256. The van der Waals surface area contributed by atoms with E-state index in [0.29, 0.717) is 5.70 Å². The van der Waals surface area contributed by atoms with Gasteiger partial charge in [0.1, 0.15) is 18.2 Å². The van der Waals surface area contributed by atoms with E-state index in [-0.39, 0.29) is 12.2 Å². The van der Waals surface area contributed by atoms with Gasteiger partial charge >= 0.3 is 0 Å². The topological polar surface area (TPSA) is 74.8 Å². The van der Waals surface area contributed by atoms with Crippen molar-refractivity contribution in [3.63, 3.8) is 0 Å². The lowest BCUT2D eigenvalue weighted by molar-refractivity contribution is 0.495. The smallest absolute Gasteiger partial charge is 0.159 e. The van der Waals surface area contributed by atoms with Gasteiger partial charge in [-0.05, 0) is 45.9 Å². The van der Waals surface area contributed by atoms with Crippen LogP contribution in [0.4, 0.5) is 8.78 Å². The zero-order valence-electron chi connectivity index (χ0n) is 16.5. The second kappa shape index (κ2) is 14.2. The van der Waals surface area contributed by atoms with Gasteiger partial charge in [0.25, 0.3) is 0 Å². The molecule has 0 aromatic carbocycles. The number of nitrogens with one attached hydrogen (secondary N) is 2. The summed E-state index contributed by atoms with van der Waals surface area (Å²) in [5, 5.41) is 6.07. The Morgan fingerprint density at radius 2 is 1.88 bits per heavy atom. The Morgan fingerprint density at radius 3 is 2.46 bits per heavy atom. The predicted octanol–water partition coefficient (Wildman–Crippen LogP) is 4.10. The van der Waals surface area contributed by atoms with E-state index in [9.17, 15) is 8.78 Å². The van der Waals surface area contributed by atoms with Gasteiger partial charge < -0.3 is 16.4 Å². The molecular formula is C19H33F2N5. The molecule has 7 heteroatoms. The molecule has 0 bridgehead atoms. The van der Waals surface area contributed by atoms with E-state index in [1.165, 1.54) is 6.08 Å². The number of halogens is 2. The fourth-order valence-electron chi connectivity index (χ4n) is 1.99. The van der Waals surface area contributed by atoms with Crippen molar-refractivity contribution < 1.29 is 8.78 Å². The molecule has 3 unspecified atom stereocenters. The average Bonchev–Trinajstić information content (AvgIpc) is 2.63. The van der Waals surface area contributed by atoms with Crippen LogP contribution in [0.5, 0.6) is 0 Å². The summed E-state index contributed by atoms with van der Waals surface area (Å²) >= 11 is 0. The van der Waals surface area contributed by atoms with E-state index in [1.807, 2.05) is 0 Å². The molecule has 0 aromatic heterocycles. The molecule has 0 fully saturated rings. The molecule has 0 saturated heterocycles. The molecule has 5 nitrogen and oxygen atoms in total. The number of aliphatic imine (C=N–C) groups is 2. The van der Waals surface area contributed by atoms with E-state index >= 15 is 0 Å². The van der Waals surface area contributed by atoms with Crippen molar-refractivity contribution in [3.8, 4) is 0 Å². The van der Waals surface area contributed by atoms with Gasteiger partial charge in [0.05, 0.1) is 12.4 Å². The Balaban J connectivity index is 4.53. The van der Waals surface area contributed by atoms with Gasteiger partial charge in [-0.1, -0.05) is 26.3 Å². The Labute approximate surface area is 156 Å². The van der Waals surface area contributed by atoms with Crippen LogP contribution in [0.2, 0.25) is 0 Å². The Bertz CT molecular complexity index is 538. The molecule has 0 aliphatic rings. The molecule has 4 N–H and O–H groups in total. The van der Waals surface area contributed by atoms with Crippen LogP contribution in [0.1, 0.15) is 53.9 Å². The Kier molecular flexibility index (Phi) is 13.1. The number of rotatable bonds is 12. The zero-order chi connectivity index (χ0) is 19.9. The third kappa shape index (κ3) is 11.5. The van der Waals surface area contributed by atoms with Crippen molar-refractivity contribution in [2.75, 3.05) is 0 Å². The van der Waals surface area contributed by atoms with Crippen LogP contribution in [0.3, 0.4) is 0 Å². The second-order valence-corrected chi connectivity index (χ2v) is 5.93. The molecule has 0 radical (unpaired) electrons. The van der Waals surface area contributed by atoms with Crippen LogP contribution in [0.25, 0.3) is 0 Å². The first-order valence-corrected chi connectivity index (χ1v) is 9.03. The first kappa shape index (κ1) is 24.0. The highest BCUT2D eigenvalue weighted by molar-refractivity contribution is 5.76. The van der Waals surface area contributed by atoms with E-state index in [4.69, 9.17) is 5.73 Å². The van der Waals surface area contributed by atoms with Gasteiger partial charge in [-0.25, -0.2) is 8.78 Å². The largest absolute Gasteiger partial charge is 0.383 e. The lowest BCUT2D eigenvalue weighted by atomic mass is 10.1. The van der Waals surface area contributed by atoms with Crippen LogP contribution < -0.4 is 16.4 Å². The molecule has 148 valence electrons. The maximum Gasteiger partial charge on any atom is 0.159 e. The fraction of sp³-hybridized carbons (Fsp3) is 0.579. The number of nitrogens with zero attached hydrogens (tertiary/aromatic N) is 2. The predicted molar refractivity (Wildman–Crippen MR) is 107 cm³/mol. The van der Waals surface area contributed by atoms with Crippen LogP contribution in [0, 0.1) is 0 Å². The maximum atomic E-state index is 14.1. The highest BCUT2D eigenvalue weighted by Crippen LogP contribution is 2.07. The standard InChI is InChI=1S/C19H33F2N5/c1-6-9-17(8-3)26-14(4)18(21)13-25-19(22)10-11-23-15(5)24-12-16(20)7-2/h7,10-13,15,17,19,23,26H,6,8-9,22H2,1-5H3/b11-10+,16-7+,18-14-,24-12?,25-13?. The number of hydrogen-bond donors (Lipinski definition) is 3. The lowest BCUT2D eigenvalue weighted by Gasteiger charge is -2.17. The summed E-state index contributed by atoms with van der Waals surface area (Å²) in [6.07, 6.45) is 8.67. The third-order valence-corrected chi connectivity index (χ3v) is 3.60. The van der Waals surface area contributed by atoms with Crippen LogP contribution in [-0.4, -0.2) is 30.8 Å². The summed E-state index contributed by atoms with van der Waals surface area (Å²) in [7, 11) is 0. The Hall–Kier alpha value is -2.02. The minimum atomic E-state index is -0.692. The van der Waals surface area contributed by atoms with Gasteiger partial charge in [-0.15, -0.1) is 0 Å². The minimum Gasteiger partial charge on any atom is -0.383 e. The van der Waals surface area contributed by atoms with Crippen LogP contribution in [-0.2, 0) is 0 Å². The number of nitrogens with two attached hydrogens (primary N) is 1. The quantitative estimate of drug-likeness (QED) is 0.453. The van der Waals surface area contributed by atoms with Crippen molar-refractivity contribution >= 4 is 12.4 Å². The molecular weight excluding hydrogens is 336 g/mol. The van der Waals surface area contributed by atoms with Crippen LogP contribution >= 0.6 is 0 Å². The molecule has 0 rings (SSSR count). The summed E-state index contributed by atoms with van der Waals surface area (Å²) in [4.78, 5) is 7.91. The first-order valence-electron chi connectivity index (χ1n) is 9.03. The van der Waals surface area contributed by atoms with Crippen molar-refractivity contribution in [2.24, 2.45) is 15.7 Å². The van der Waals surface area contributed by atoms with Crippen molar-refractivity contribution in [1.82, 2.24) is 10.6 Å². The molecule has 0 aliphatic carbocycles. The van der Waals surface area contributed by atoms with Gasteiger partial charge in [0.15, 0.2) is 5.83 Å². The van der Waals surface area contributed by atoms with E-state index in [2.05, 4.69) is 34.5 Å². The molecule has 26 heavy (non-hydrogen) atoms. The SMILES string of the molecule is C/C=C(/F)C=NC(C)N/C=C/C(N)N=C/C(F)=C(\C)NC(CC)CCC. The van der Waals surface area contributed by atoms with Crippen molar-refractivity contribution in [1.29, 1.82) is 0 Å². The van der Waals surface area contributed by atoms with E-state index in [1.54, 1.807) is 33.0 Å². The van der Waals surface area contributed by atoms with Crippen molar-refractivity contribution in [2.45, 2.75) is 72.3 Å². The summed E-state index contributed by atoms with van der Waals surface area (Å²) in [5.41, 5.74) is 6.24. The average molecular weight is 370 g/mol. The van der Waals surface area contributed by atoms with Gasteiger partial charge in [-0.2, -0.15) is 0 Å². The first-order chi connectivity index (χ1) is 12.3. The molecule has 0 spiro atoms. The molecule has 0 aliphatic heterocycles. The number of hydrogen-bond acceptors (Lipinski definition) is 5. The third-order valence-electron chi connectivity index (χ3n) is 3.60. The fourth-order valence-corrected chi connectivity index (χ4v) is 1.99. The molecule has 3 atom stereocenters. The van der Waals surface area contributed by atoms with Crippen molar-refractivity contribution in [3.05, 3.63) is 35.7 Å². The lowest BCUT2D eigenvalue weighted by Crippen LogP contribution is -2.27. The Morgan fingerprint density at radius 1 is 1.19 bits per heavy atom. The maximum absolute atomic E-state index is 14.1. The number of allylic oxidation sites excluding steroid dienone is 4. The summed E-state index contributed by atoms with van der Waals surface area (Å²) in [5.74, 6) is -0.837. The molecule has 0 amide bonds. The summed E-state index contributed by atoms with van der Waals surface area (Å²) in [6, 6.07) is 0.256. The summed E-state index contributed by atoms with van der Waals surface area (Å²) < 4.78 is 27.0. The monoisotopic (exact) mass is 369 g/mol. The van der Waals surface area contributed by atoms with Gasteiger partial charge in [-0.3, -0.25) is 9.98 Å². The van der Waals surface area contributed by atoms with Gasteiger partial charge in [0, 0.05) is 11.7 Å². The van der Waals surface area contributed by atoms with E-state index in [0.717, 1.165) is 31.7 Å². The molecule has 0 heterocycles. The molecule has 0 aromatic rings. The highest BCUT2D eigenvalue weighted by atomic mass is 19.1. The highest BCUT2D eigenvalue weighted by Gasteiger charge is 2.07. The van der Waals surface area contributed by atoms with Gasteiger partial charge in [0.2, 0.25) is 0 Å².